The molecule has 30 heavy (non-hydrogen) atoms. The Hall–Kier alpha value is -3.68. The summed E-state index contributed by atoms with van der Waals surface area (Å²) in [5, 5.41) is 0. The molecule has 2 aromatic rings. The van der Waals surface area contributed by atoms with Crippen molar-refractivity contribution in [1.29, 1.82) is 0 Å². The summed E-state index contributed by atoms with van der Waals surface area (Å²) in [6.45, 7) is 0.0792. The van der Waals surface area contributed by atoms with Gasteiger partial charge in [0.05, 0.1) is 32.8 Å². The maximum atomic E-state index is 13.1. The zero-order valence-corrected chi connectivity index (χ0v) is 16.7. The van der Waals surface area contributed by atoms with Crippen LogP contribution in [0.15, 0.2) is 35.9 Å². The lowest BCUT2D eigenvalue weighted by Gasteiger charge is -2.13. The maximum Gasteiger partial charge on any atom is 0.334 e. The second kappa shape index (κ2) is 7.98. The molecule has 0 bridgehead atoms. The Labute approximate surface area is 172 Å². The number of esters is 1. The molecule has 156 valence electrons. The predicted octanol–water partition coefficient (Wildman–Crippen LogP) is 2.88. The zero-order chi connectivity index (χ0) is 21.3. The zero-order valence-electron chi connectivity index (χ0n) is 16.7. The Kier molecular flexibility index (Phi) is 5.22. The summed E-state index contributed by atoms with van der Waals surface area (Å²) >= 11 is 0. The summed E-state index contributed by atoms with van der Waals surface area (Å²) in [6.07, 6.45) is 1.59. The number of Topliss-reactive ketones (excluding diaryl/α,β-unsaturated/α-hetero) is 1. The molecule has 1 saturated heterocycles. The second-order valence-electron chi connectivity index (χ2n) is 6.63. The smallest absolute Gasteiger partial charge is 0.334 e. The van der Waals surface area contributed by atoms with Gasteiger partial charge in [0.25, 0.3) is 0 Å². The second-order valence-corrected chi connectivity index (χ2v) is 6.63. The molecule has 0 aromatic heterocycles. The van der Waals surface area contributed by atoms with Crippen LogP contribution in [0.2, 0.25) is 0 Å². The van der Waals surface area contributed by atoms with E-state index in [2.05, 4.69) is 0 Å². The van der Waals surface area contributed by atoms with Crippen molar-refractivity contribution in [2.45, 2.75) is 0 Å². The number of carbonyl (C=O) groups is 2. The fraction of sp³-hybridized carbons (Fsp3) is 0.273. The van der Waals surface area contributed by atoms with Crippen molar-refractivity contribution in [2.24, 2.45) is 5.92 Å². The monoisotopic (exact) mass is 412 g/mol. The van der Waals surface area contributed by atoms with Gasteiger partial charge in [-0.15, -0.1) is 0 Å². The van der Waals surface area contributed by atoms with Crippen LogP contribution in [0.5, 0.6) is 28.7 Å². The van der Waals surface area contributed by atoms with Crippen molar-refractivity contribution in [3.63, 3.8) is 0 Å². The third kappa shape index (κ3) is 3.41. The highest BCUT2D eigenvalue weighted by molar-refractivity contribution is 6.09. The average Bonchev–Trinajstić information content (AvgIpc) is 3.39. The first kappa shape index (κ1) is 19.6. The molecule has 0 N–H and O–H groups in total. The van der Waals surface area contributed by atoms with Crippen molar-refractivity contribution < 1.29 is 38.0 Å². The van der Waals surface area contributed by atoms with E-state index in [0.717, 1.165) is 0 Å². The molecule has 4 rings (SSSR count). The standard InChI is InChI=1S/C22H20O8/c1-25-17-9-19(27-3)18(26-2)8-13(17)6-14-15(10-28-22(14)24)21(23)12-4-5-16-20(7-12)30-11-29-16/h4-9,15H,10-11H2,1-3H3/b14-6+. The minimum absolute atomic E-state index is 0.0342. The van der Waals surface area contributed by atoms with Crippen molar-refractivity contribution in [2.75, 3.05) is 34.7 Å². The lowest BCUT2D eigenvalue weighted by atomic mass is 9.91. The first-order valence-electron chi connectivity index (χ1n) is 9.18. The predicted molar refractivity (Wildman–Crippen MR) is 105 cm³/mol. The summed E-state index contributed by atoms with van der Waals surface area (Å²) in [7, 11) is 4.53. The van der Waals surface area contributed by atoms with Crippen molar-refractivity contribution >= 4 is 17.8 Å². The topological polar surface area (TPSA) is 89.5 Å². The van der Waals surface area contributed by atoms with Gasteiger partial charge in [-0.3, -0.25) is 4.79 Å². The molecular weight excluding hydrogens is 392 g/mol. The number of ether oxygens (including phenoxy) is 6. The molecule has 2 aromatic carbocycles. The van der Waals surface area contributed by atoms with E-state index >= 15 is 0 Å². The Balaban J connectivity index is 1.71. The fourth-order valence-electron chi connectivity index (χ4n) is 3.43. The van der Waals surface area contributed by atoms with E-state index in [1.807, 2.05) is 0 Å². The largest absolute Gasteiger partial charge is 0.496 e. The first-order valence-corrected chi connectivity index (χ1v) is 9.18. The lowest BCUT2D eigenvalue weighted by Crippen LogP contribution is -2.17. The Morgan fingerprint density at radius 3 is 2.37 bits per heavy atom. The van der Waals surface area contributed by atoms with Gasteiger partial charge in [0.2, 0.25) is 6.79 Å². The molecule has 0 radical (unpaired) electrons. The van der Waals surface area contributed by atoms with Crippen LogP contribution in [0.25, 0.3) is 6.08 Å². The van der Waals surface area contributed by atoms with Crippen molar-refractivity contribution in [1.82, 2.24) is 0 Å². The molecule has 2 heterocycles. The van der Waals surface area contributed by atoms with E-state index < -0.39 is 11.9 Å². The van der Waals surface area contributed by atoms with Gasteiger partial charge in [0.1, 0.15) is 12.4 Å². The van der Waals surface area contributed by atoms with Gasteiger partial charge in [-0.2, -0.15) is 0 Å². The number of fused-ring (bicyclic) bond motifs is 1. The van der Waals surface area contributed by atoms with E-state index in [9.17, 15) is 9.59 Å². The number of cyclic esters (lactones) is 1. The number of ketones is 1. The van der Waals surface area contributed by atoms with Crippen LogP contribution in [-0.2, 0) is 9.53 Å². The van der Waals surface area contributed by atoms with Gasteiger partial charge in [-0.05, 0) is 30.3 Å². The summed E-state index contributed by atoms with van der Waals surface area (Å²) < 4.78 is 31.8. The number of rotatable bonds is 6. The molecular formula is C22H20O8. The third-order valence-electron chi connectivity index (χ3n) is 5.01. The first-order chi connectivity index (χ1) is 14.5. The van der Waals surface area contributed by atoms with Gasteiger partial charge in [0.15, 0.2) is 28.8 Å². The van der Waals surface area contributed by atoms with Crippen LogP contribution in [0.3, 0.4) is 0 Å². The Morgan fingerprint density at radius 1 is 0.933 bits per heavy atom. The van der Waals surface area contributed by atoms with Crippen LogP contribution in [0, 0.1) is 5.92 Å². The lowest BCUT2D eigenvalue weighted by molar-refractivity contribution is -0.135. The highest BCUT2D eigenvalue weighted by Crippen LogP contribution is 2.38. The summed E-state index contributed by atoms with van der Waals surface area (Å²) in [6, 6.07) is 8.27. The van der Waals surface area contributed by atoms with Crippen LogP contribution in [0.1, 0.15) is 15.9 Å². The SMILES string of the molecule is COc1cc(OC)c(OC)cc1/C=C1/C(=O)OCC1C(=O)c1ccc2c(c1)OCO2. The van der Waals surface area contributed by atoms with Crippen molar-refractivity contribution in [3.8, 4) is 28.7 Å². The van der Waals surface area contributed by atoms with E-state index in [1.54, 1.807) is 36.4 Å². The summed E-state index contributed by atoms with van der Waals surface area (Å²) in [4.78, 5) is 25.5. The Morgan fingerprint density at radius 2 is 1.63 bits per heavy atom. The minimum atomic E-state index is -0.754. The molecule has 8 heteroatoms. The van der Waals surface area contributed by atoms with Crippen molar-refractivity contribution in [3.05, 3.63) is 47.0 Å². The number of hydrogen-bond acceptors (Lipinski definition) is 8. The van der Waals surface area contributed by atoms with Gasteiger partial charge >= 0.3 is 5.97 Å². The van der Waals surface area contributed by atoms with Gasteiger partial charge < -0.3 is 28.4 Å². The molecule has 1 atom stereocenters. The van der Waals surface area contributed by atoms with Gasteiger partial charge in [0, 0.05) is 17.2 Å². The van der Waals surface area contributed by atoms with E-state index in [0.29, 0.717) is 39.9 Å². The molecule has 0 amide bonds. The third-order valence-corrected chi connectivity index (χ3v) is 5.01. The number of hydrogen-bond donors (Lipinski definition) is 0. The average molecular weight is 412 g/mol. The highest BCUT2D eigenvalue weighted by atomic mass is 16.7. The quantitative estimate of drug-likeness (QED) is 0.407. The van der Waals surface area contributed by atoms with Crippen LogP contribution in [-0.4, -0.2) is 46.5 Å². The van der Waals surface area contributed by atoms with Crippen LogP contribution >= 0.6 is 0 Å². The van der Waals surface area contributed by atoms with E-state index in [4.69, 9.17) is 28.4 Å². The molecule has 1 fully saturated rings. The van der Waals surface area contributed by atoms with Crippen LogP contribution < -0.4 is 23.7 Å². The number of carbonyl (C=O) groups excluding carboxylic acids is 2. The summed E-state index contributed by atoms with van der Waals surface area (Å²) in [5.41, 5.74) is 1.21. The fourth-order valence-corrected chi connectivity index (χ4v) is 3.43. The normalized spacial score (nSPS) is 18.3. The summed E-state index contributed by atoms with van der Waals surface area (Å²) in [5.74, 6) is 0.948. The van der Waals surface area contributed by atoms with Gasteiger partial charge in [-0.25, -0.2) is 4.79 Å². The molecule has 1 unspecified atom stereocenters. The minimum Gasteiger partial charge on any atom is -0.496 e. The van der Waals surface area contributed by atoms with Gasteiger partial charge in [-0.1, -0.05) is 0 Å². The molecule has 0 spiro atoms. The molecule has 0 aliphatic carbocycles. The molecule has 0 saturated carbocycles. The Bertz CT molecular complexity index is 1040. The molecule has 8 nitrogen and oxygen atoms in total. The highest BCUT2D eigenvalue weighted by Gasteiger charge is 2.37. The molecule has 2 aliphatic heterocycles. The maximum absolute atomic E-state index is 13.1. The number of methoxy groups -OCH3 is 3. The molecule has 2 aliphatic rings. The van der Waals surface area contributed by atoms with Crippen LogP contribution in [0.4, 0.5) is 0 Å². The van der Waals surface area contributed by atoms with E-state index in [-0.39, 0.29) is 24.8 Å². The van der Waals surface area contributed by atoms with E-state index in [1.165, 1.54) is 21.3 Å². The number of benzene rings is 2.